The zero-order valence-electron chi connectivity index (χ0n) is 10.3. The maximum Gasteiger partial charge on any atom is 0.304 e. The Balaban J connectivity index is 2.50. The number of ether oxygens (including phenoxy) is 1. The Morgan fingerprint density at radius 2 is 2.29 bits per heavy atom. The van der Waals surface area contributed by atoms with Crippen LogP contribution in [0.3, 0.4) is 0 Å². The molecule has 0 aliphatic carbocycles. The zero-order chi connectivity index (χ0) is 12.7. The number of hydrogen-bond donors (Lipinski definition) is 2. The number of rotatable bonds is 7. The van der Waals surface area contributed by atoms with Crippen LogP contribution in [0.1, 0.15) is 25.3 Å². The van der Waals surface area contributed by atoms with E-state index >= 15 is 0 Å². The number of aliphatic carboxylic acids is 1. The molecule has 0 heterocycles. The van der Waals surface area contributed by atoms with Crippen LogP contribution in [0.15, 0.2) is 24.3 Å². The molecule has 1 aromatic carbocycles. The Morgan fingerprint density at radius 3 is 2.88 bits per heavy atom. The van der Waals surface area contributed by atoms with Gasteiger partial charge >= 0.3 is 5.97 Å². The highest BCUT2D eigenvalue weighted by molar-refractivity contribution is 5.67. The lowest BCUT2D eigenvalue weighted by atomic mass is 10.1. The Kier molecular flexibility index (Phi) is 5.49. The van der Waals surface area contributed by atoms with Crippen molar-refractivity contribution in [3.8, 4) is 5.75 Å². The first-order valence-electron chi connectivity index (χ1n) is 5.73. The number of carboxylic acid groups (broad SMARTS) is 1. The Hall–Kier alpha value is -1.55. The molecule has 1 unspecified atom stereocenters. The highest BCUT2D eigenvalue weighted by atomic mass is 16.5. The lowest BCUT2D eigenvalue weighted by Crippen LogP contribution is -2.30. The fourth-order valence-corrected chi connectivity index (χ4v) is 1.62. The molecule has 0 bridgehead atoms. The molecule has 0 fully saturated rings. The molecule has 17 heavy (non-hydrogen) atoms. The molecule has 1 atom stereocenters. The van der Waals surface area contributed by atoms with Crippen molar-refractivity contribution in [2.24, 2.45) is 0 Å². The summed E-state index contributed by atoms with van der Waals surface area (Å²) in [4.78, 5) is 10.6. The van der Waals surface area contributed by atoms with Gasteiger partial charge in [0, 0.05) is 12.6 Å². The van der Waals surface area contributed by atoms with Gasteiger partial charge in [-0.3, -0.25) is 4.79 Å². The average molecular weight is 237 g/mol. The van der Waals surface area contributed by atoms with Crippen LogP contribution in [0.2, 0.25) is 0 Å². The standard InChI is InChI=1S/C13H19NO3/c1-3-11(8-13(15)16)14-9-10-5-4-6-12(7-10)17-2/h4-7,11,14H,3,8-9H2,1-2H3,(H,15,16). The van der Waals surface area contributed by atoms with E-state index in [1.165, 1.54) is 0 Å². The van der Waals surface area contributed by atoms with Gasteiger partial charge < -0.3 is 15.2 Å². The second kappa shape index (κ2) is 6.91. The average Bonchev–Trinajstić information content (AvgIpc) is 2.34. The van der Waals surface area contributed by atoms with Gasteiger partial charge in [0.05, 0.1) is 13.5 Å². The Morgan fingerprint density at radius 1 is 1.53 bits per heavy atom. The Labute approximate surface area is 102 Å². The summed E-state index contributed by atoms with van der Waals surface area (Å²) in [7, 11) is 1.63. The summed E-state index contributed by atoms with van der Waals surface area (Å²) in [5.41, 5.74) is 1.09. The summed E-state index contributed by atoms with van der Waals surface area (Å²) in [5, 5.41) is 12.0. The molecule has 0 saturated carbocycles. The molecular formula is C13H19NO3. The molecule has 0 aliphatic heterocycles. The Bertz CT molecular complexity index is 365. The van der Waals surface area contributed by atoms with E-state index in [2.05, 4.69) is 5.32 Å². The van der Waals surface area contributed by atoms with E-state index < -0.39 is 5.97 Å². The summed E-state index contributed by atoms with van der Waals surface area (Å²) < 4.78 is 5.13. The van der Waals surface area contributed by atoms with Crippen LogP contribution in [-0.4, -0.2) is 24.2 Å². The van der Waals surface area contributed by atoms with Crippen molar-refractivity contribution in [3.63, 3.8) is 0 Å². The molecule has 0 radical (unpaired) electrons. The number of benzene rings is 1. The van der Waals surface area contributed by atoms with Crippen LogP contribution >= 0.6 is 0 Å². The molecular weight excluding hydrogens is 218 g/mol. The first-order valence-corrected chi connectivity index (χ1v) is 5.73. The van der Waals surface area contributed by atoms with E-state index in [1.54, 1.807) is 7.11 Å². The minimum Gasteiger partial charge on any atom is -0.497 e. The van der Waals surface area contributed by atoms with Gasteiger partial charge in [0.25, 0.3) is 0 Å². The summed E-state index contributed by atoms with van der Waals surface area (Å²) in [6.45, 7) is 2.63. The quantitative estimate of drug-likeness (QED) is 0.762. The summed E-state index contributed by atoms with van der Waals surface area (Å²) in [6, 6.07) is 7.76. The lowest BCUT2D eigenvalue weighted by Gasteiger charge is -2.15. The fraction of sp³-hybridized carbons (Fsp3) is 0.462. The maximum atomic E-state index is 10.6. The monoisotopic (exact) mass is 237 g/mol. The van der Waals surface area contributed by atoms with Gasteiger partial charge in [0.2, 0.25) is 0 Å². The van der Waals surface area contributed by atoms with Crippen molar-refractivity contribution in [2.45, 2.75) is 32.4 Å². The number of carbonyl (C=O) groups is 1. The largest absolute Gasteiger partial charge is 0.497 e. The predicted molar refractivity (Wildman–Crippen MR) is 66.2 cm³/mol. The van der Waals surface area contributed by atoms with Gasteiger partial charge in [0.1, 0.15) is 5.75 Å². The molecule has 0 saturated heterocycles. The third-order valence-corrected chi connectivity index (χ3v) is 2.64. The number of hydrogen-bond acceptors (Lipinski definition) is 3. The van der Waals surface area contributed by atoms with Gasteiger partial charge in [-0.05, 0) is 24.1 Å². The van der Waals surface area contributed by atoms with E-state index in [-0.39, 0.29) is 12.5 Å². The molecule has 1 aromatic rings. The van der Waals surface area contributed by atoms with E-state index in [0.29, 0.717) is 6.54 Å². The highest BCUT2D eigenvalue weighted by Crippen LogP contribution is 2.12. The van der Waals surface area contributed by atoms with Crippen LogP contribution in [0.4, 0.5) is 0 Å². The van der Waals surface area contributed by atoms with Crippen molar-refractivity contribution >= 4 is 5.97 Å². The predicted octanol–water partition coefficient (Wildman–Crippen LogP) is 2.04. The smallest absolute Gasteiger partial charge is 0.304 e. The maximum absolute atomic E-state index is 10.6. The van der Waals surface area contributed by atoms with Crippen LogP contribution < -0.4 is 10.1 Å². The van der Waals surface area contributed by atoms with Gasteiger partial charge in [-0.1, -0.05) is 19.1 Å². The molecule has 0 aliphatic rings. The molecule has 1 rings (SSSR count). The normalized spacial score (nSPS) is 12.1. The van der Waals surface area contributed by atoms with Crippen LogP contribution in [0.25, 0.3) is 0 Å². The van der Waals surface area contributed by atoms with Crippen molar-refractivity contribution in [1.29, 1.82) is 0 Å². The lowest BCUT2D eigenvalue weighted by molar-refractivity contribution is -0.137. The second-order valence-electron chi connectivity index (χ2n) is 3.94. The van der Waals surface area contributed by atoms with Crippen LogP contribution in [-0.2, 0) is 11.3 Å². The van der Waals surface area contributed by atoms with Crippen molar-refractivity contribution in [3.05, 3.63) is 29.8 Å². The SMILES string of the molecule is CCC(CC(=O)O)NCc1cccc(OC)c1. The van der Waals surface area contributed by atoms with Crippen LogP contribution in [0, 0.1) is 0 Å². The van der Waals surface area contributed by atoms with Gasteiger partial charge in [-0.2, -0.15) is 0 Å². The van der Waals surface area contributed by atoms with Gasteiger partial charge in [-0.25, -0.2) is 0 Å². The molecule has 0 spiro atoms. The molecule has 0 amide bonds. The minimum absolute atomic E-state index is 0.0127. The third kappa shape index (κ3) is 4.87. The van der Waals surface area contributed by atoms with E-state index in [1.807, 2.05) is 31.2 Å². The van der Waals surface area contributed by atoms with E-state index in [9.17, 15) is 4.79 Å². The van der Waals surface area contributed by atoms with E-state index in [4.69, 9.17) is 9.84 Å². The van der Waals surface area contributed by atoms with Crippen molar-refractivity contribution < 1.29 is 14.6 Å². The van der Waals surface area contributed by atoms with Crippen molar-refractivity contribution in [2.75, 3.05) is 7.11 Å². The summed E-state index contributed by atoms with van der Waals surface area (Å²) in [6.07, 6.45) is 0.955. The minimum atomic E-state index is -0.769. The van der Waals surface area contributed by atoms with E-state index in [0.717, 1.165) is 17.7 Å². The highest BCUT2D eigenvalue weighted by Gasteiger charge is 2.10. The molecule has 4 nitrogen and oxygen atoms in total. The number of methoxy groups -OCH3 is 1. The van der Waals surface area contributed by atoms with Gasteiger partial charge in [-0.15, -0.1) is 0 Å². The summed E-state index contributed by atoms with van der Waals surface area (Å²) in [5.74, 6) is 0.0468. The molecule has 0 aromatic heterocycles. The number of carboxylic acids is 1. The van der Waals surface area contributed by atoms with Crippen LogP contribution in [0.5, 0.6) is 5.75 Å². The molecule has 4 heteroatoms. The number of nitrogens with one attached hydrogen (secondary N) is 1. The third-order valence-electron chi connectivity index (χ3n) is 2.64. The molecule has 94 valence electrons. The zero-order valence-corrected chi connectivity index (χ0v) is 10.3. The first kappa shape index (κ1) is 13.5. The van der Waals surface area contributed by atoms with Gasteiger partial charge in [0.15, 0.2) is 0 Å². The fourth-order valence-electron chi connectivity index (χ4n) is 1.62. The topological polar surface area (TPSA) is 58.6 Å². The summed E-state index contributed by atoms with van der Waals surface area (Å²) >= 11 is 0. The first-order chi connectivity index (χ1) is 8.15. The van der Waals surface area contributed by atoms with Crippen molar-refractivity contribution in [1.82, 2.24) is 5.32 Å². The second-order valence-corrected chi connectivity index (χ2v) is 3.94. The molecule has 2 N–H and O–H groups in total.